The van der Waals surface area contributed by atoms with Gasteiger partial charge in [0.05, 0.1) is 19.3 Å². The van der Waals surface area contributed by atoms with Crippen LogP contribution in [0, 0.1) is 5.82 Å². The van der Waals surface area contributed by atoms with E-state index in [1.807, 2.05) is 0 Å². The van der Waals surface area contributed by atoms with Crippen molar-refractivity contribution in [1.29, 1.82) is 0 Å². The summed E-state index contributed by atoms with van der Waals surface area (Å²) in [5.41, 5.74) is 5.32. The first-order chi connectivity index (χ1) is 6.49. The first kappa shape index (κ1) is 10.9. The standard InChI is InChI=1S/C10H14FNO2/c1-10(12,6-13)7-3-8(11)5-9(4-7)14-2/h3-5,13H,6,12H2,1-2H3. The molecule has 14 heavy (non-hydrogen) atoms. The Hall–Kier alpha value is -1.13. The third kappa shape index (κ3) is 2.21. The number of halogens is 1. The molecule has 0 saturated carbocycles. The van der Waals surface area contributed by atoms with Crippen LogP contribution < -0.4 is 10.5 Å². The maximum Gasteiger partial charge on any atom is 0.127 e. The Morgan fingerprint density at radius 2 is 2.14 bits per heavy atom. The minimum absolute atomic E-state index is 0.250. The molecule has 1 rings (SSSR count). The highest BCUT2D eigenvalue weighted by Gasteiger charge is 2.21. The number of nitrogens with two attached hydrogens (primary N) is 1. The van der Waals surface area contributed by atoms with Crippen molar-refractivity contribution in [3.8, 4) is 5.75 Å². The van der Waals surface area contributed by atoms with Crippen LogP contribution in [0.4, 0.5) is 4.39 Å². The molecule has 1 aromatic rings. The molecule has 0 aliphatic heterocycles. The molecule has 0 heterocycles. The fraction of sp³-hybridized carbons (Fsp3) is 0.400. The second-order valence-corrected chi connectivity index (χ2v) is 3.46. The minimum Gasteiger partial charge on any atom is -0.497 e. The first-order valence-corrected chi connectivity index (χ1v) is 4.24. The summed E-state index contributed by atoms with van der Waals surface area (Å²) in [6.45, 7) is 1.38. The van der Waals surface area contributed by atoms with E-state index in [4.69, 9.17) is 15.6 Å². The summed E-state index contributed by atoms with van der Waals surface area (Å²) in [4.78, 5) is 0. The van der Waals surface area contributed by atoms with Crippen molar-refractivity contribution < 1.29 is 14.2 Å². The van der Waals surface area contributed by atoms with Crippen molar-refractivity contribution in [2.45, 2.75) is 12.5 Å². The maximum absolute atomic E-state index is 13.1. The van der Waals surface area contributed by atoms with E-state index in [-0.39, 0.29) is 6.61 Å². The van der Waals surface area contributed by atoms with Crippen LogP contribution in [-0.2, 0) is 5.54 Å². The zero-order valence-corrected chi connectivity index (χ0v) is 8.25. The molecule has 4 heteroatoms. The highest BCUT2D eigenvalue weighted by molar-refractivity contribution is 5.33. The average Bonchev–Trinajstić information content (AvgIpc) is 2.16. The Bertz CT molecular complexity index is 326. The van der Waals surface area contributed by atoms with Crippen molar-refractivity contribution in [1.82, 2.24) is 0 Å². The van der Waals surface area contributed by atoms with E-state index in [0.717, 1.165) is 0 Å². The van der Waals surface area contributed by atoms with Gasteiger partial charge in [-0.25, -0.2) is 4.39 Å². The molecule has 78 valence electrons. The Morgan fingerprint density at radius 1 is 1.50 bits per heavy atom. The Morgan fingerprint density at radius 3 is 2.64 bits per heavy atom. The second kappa shape index (κ2) is 3.94. The van der Waals surface area contributed by atoms with Gasteiger partial charge in [0.1, 0.15) is 11.6 Å². The molecule has 1 unspecified atom stereocenters. The third-order valence-corrected chi connectivity index (χ3v) is 2.09. The van der Waals surface area contributed by atoms with Crippen LogP contribution in [0.5, 0.6) is 5.75 Å². The Labute approximate surface area is 82.3 Å². The van der Waals surface area contributed by atoms with Crippen LogP contribution in [0.3, 0.4) is 0 Å². The van der Waals surface area contributed by atoms with E-state index in [2.05, 4.69) is 0 Å². The molecule has 0 aromatic heterocycles. The normalized spacial score (nSPS) is 14.9. The summed E-state index contributed by atoms with van der Waals surface area (Å²) < 4.78 is 18.0. The summed E-state index contributed by atoms with van der Waals surface area (Å²) >= 11 is 0. The minimum atomic E-state index is -0.949. The van der Waals surface area contributed by atoms with Gasteiger partial charge in [-0.3, -0.25) is 0 Å². The number of ether oxygens (including phenoxy) is 1. The molecule has 0 radical (unpaired) electrons. The summed E-state index contributed by atoms with van der Waals surface area (Å²) in [5.74, 6) is -0.0328. The largest absolute Gasteiger partial charge is 0.497 e. The number of hydrogen-bond acceptors (Lipinski definition) is 3. The SMILES string of the molecule is COc1cc(F)cc(C(C)(N)CO)c1. The van der Waals surface area contributed by atoms with E-state index in [1.165, 1.54) is 19.2 Å². The van der Waals surface area contributed by atoms with E-state index < -0.39 is 11.4 Å². The Balaban J connectivity index is 3.15. The maximum atomic E-state index is 13.1. The fourth-order valence-electron chi connectivity index (χ4n) is 1.10. The van der Waals surface area contributed by atoms with Crippen LogP contribution in [0.1, 0.15) is 12.5 Å². The van der Waals surface area contributed by atoms with Gasteiger partial charge in [0.25, 0.3) is 0 Å². The lowest BCUT2D eigenvalue weighted by Crippen LogP contribution is -2.37. The Kier molecular flexibility index (Phi) is 3.08. The van der Waals surface area contributed by atoms with Gasteiger partial charge < -0.3 is 15.6 Å². The van der Waals surface area contributed by atoms with Crippen LogP contribution in [-0.4, -0.2) is 18.8 Å². The number of methoxy groups -OCH3 is 1. The third-order valence-electron chi connectivity index (χ3n) is 2.09. The molecule has 0 amide bonds. The number of aliphatic hydroxyl groups is 1. The molecule has 0 bridgehead atoms. The molecule has 3 N–H and O–H groups in total. The van der Waals surface area contributed by atoms with Gasteiger partial charge in [-0.1, -0.05) is 0 Å². The van der Waals surface area contributed by atoms with Crippen molar-refractivity contribution in [2.75, 3.05) is 13.7 Å². The lowest BCUT2D eigenvalue weighted by Gasteiger charge is -2.22. The van der Waals surface area contributed by atoms with Gasteiger partial charge in [0.2, 0.25) is 0 Å². The van der Waals surface area contributed by atoms with Gasteiger partial charge in [-0.15, -0.1) is 0 Å². The monoisotopic (exact) mass is 199 g/mol. The molecule has 3 nitrogen and oxygen atoms in total. The van der Waals surface area contributed by atoms with Gasteiger partial charge in [0, 0.05) is 6.07 Å². The summed E-state index contributed by atoms with van der Waals surface area (Å²) in [6.07, 6.45) is 0. The molecular weight excluding hydrogens is 185 g/mol. The second-order valence-electron chi connectivity index (χ2n) is 3.46. The zero-order chi connectivity index (χ0) is 10.8. The smallest absolute Gasteiger partial charge is 0.127 e. The van der Waals surface area contributed by atoms with Gasteiger partial charge >= 0.3 is 0 Å². The van der Waals surface area contributed by atoms with E-state index in [1.54, 1.807) is 13.0 Å². The van der Waals surface area contributed by atoms with Crippen molar-refractivity contribution in [2.24, 2.45) is 5.73 Å². The molecular formula is C10H14FNO2. The fourth-order valence-corrected chi connectivity index (χ4v) is 1.10. The van der Waals surface area contributed by atoms with Gasteiger partial charge in [0.15, 0.2) is 0 Å². The number of hydrogen-bond donors (Lipinski definition) is 2. The lowest BCUT2D eigenvalue weighted by molar-refractivity contribution is 0.209. The highest BCUT2D eigenvalue weighted by atomic mass is 19.1. The summed E-state index contributed by atoms with van der Waals surface area (Å²) in [6, 6.07) is 4.16. The quantitative estimate of drug-likeness (QED) is 0.763. The van der Waals surface area contributed by atoms with Crippen LogP contribution >= 0.6 is 0 Å². The van der Waals surface area contributed by atoms with Crippen molar-refractivity contribution in [3.05, 3.63) is 29.6 Å². The lowest BCUT2D eigenvalue weighted by atomic mass is 9.94. The first-order valence-electron chi connectivity index (χ1n) is 4.24. The molecule has 0 fully saturated rings. The summed E-state index contributed by atoms with van der Waals surface area (Å²) in [7, 11) is 1.45. The number of aliphatic hydroxyl groups excluding tert-OH is 1. The van der Waals surface area contributed by atoms with Crippen LogP contribution in [0.2, 0.25) is 0 Å². The average molecular weight is 199 g/mol. The van der Waals surface area contributed by atoms with E-state index >= 15 is 0 Å². The molecule has 1 aromatic carbocycles. The number of rotatable bonds is 3. The summed E-state index contributed by atoms with van der Waals surface area (Å²) in [5, 5.41) is 9.01. The van der Waals surface area contributed by atoms with E-state index in [0.29, 0.717) is 11.3 Å². The zero-order valence-electron chi connectivity index (χ0n) is 8.25. The van der Waals surface area contributed by atoms with Gasteiger partial charge in [-0.2, -0.15) is 0 Å². The van der Waals surface area contributed by atoms with E-state index in [9.17, 15) is 4.39 Å². The van der Waals surface area contributed by atoms with Crippen molar-refractivity contribution >= 4 is 0 Å². The van der Waals surface area contributed by atoms with Crippen molar-refractivity contribution in [3.63, 3.8) is 0 Å². The topological polar surface area (TPSA) is 55.5 Å². The molecule has 1 atom stereocenters. The molecule has 0 spiro atoms. The van der Waals surface area contributed by atoms with Crippen LogP contribution in [0.25, 0.3) is 0 Å². The van der Waals surface area contributed by atoms with Gasteiger partial charge in [-0.05, 0) is 24.6 Å². The van der Waals surface area contributed by atoms with Crippen LogP contribution in [0.15, 0.2) is 18.2 Å². The molecule has 0 aliphatic rings. The molecule has 0 aliphatic carbocycles. The predicted molar refractivity (Wildman–Crippen MR) is 51.6 cm³/mol. The predicted octanol–water partition coefficient (Wildman–Crippen LogP) is 1.00. The highest BCUT2D eigenvalue weighted by Crippen LogP contribution is 2.23. The number of benzene rings is 1. The molecule has 0 saturated heterocycles.